The summed E-state index contributed by atoms with van der Waals surface area (Å²) < 4.78 is 4.99. The van der Waals surface area contributed by atoms with Crippen molar-refractivity contribution in [3.8, 4) is 0 Å². The molecule has 3 heteroatoms. The molecule has 0 unspecified atom stereocenters. The Morgan fingerprint density at radius 3 is 2.57 bits per heavy atom. The van der Waals surface area contributed by atoms with Crippen LogP contribution in [0.15, 0.2) is 29.2 Å². The summed E-state index contributed by atoms with van der Waals surface area (Å²) in [5.41, 5.74) is 6.78. The normalized spacial score (nSPS) is 10.4. The van der Waals surface area contributed by atoms with Crippen molar-refractivity contribution < 1.29 is 4.74 Å². The molecule has 0 fully saturated rings. The highest BCUT2D eigenvalue weighted by molar-refractivity contribution is 7.99. The van der Waals surface area contributed by atoms with E-state index in [4.69, 9.17) is 10.5 Å². The highest BCUT2D eigenvalue weighted by Crippen LogP contribution is 2.18. The Kier molecular flexibility index (Phi) is 5.68. The average molecular weight is 211 g/mol. The van der Waals surface area contributed by atoms with Gasteiger partial charge in [0, 0.05) is 17.8 Å². The van der Waals surface area contributed by atoms with Crippen LogP contribution in [0.2, 0.25) is 0 Å². The van der Waals surface area contributed by atoms with Gasteiger partial charge in [-0.15, -0.1) is 11.8 Å². The minimum Gasteiger partial charge on any atom is -0.384 e. The van der Waals surface area contributed by atoms with Gasteiger partial charge in [0.05, 0.1) is 6.61 Å². The van der Waals surface area contributed by atoms with Crippen LogP contribution < -0.4 is 5.73 Å². The van der Waals surface area contributed by atoms with Gasteiger partial charge in [-0.2, -0.15) is 0 Å². The lowest BCUT2D eigenvalue weighted by atomic mass is 10.2. The lowest BCUT2D eigenvalue weighted by Crippen LogP contribution is -2.02. The Bertz CT molecular complexity index is 248. The second-order valence-corrected chi connectivity index (χ2v) is 4.19. The van der Waals surface area contributed by atoms with E-state index >= 15 is 0 Å². The first kappa shape index (κ1) is 11.6. The number of hydrogen-bond acceptors (Lipinski definition) is 3. The number of nitrogens with two attached hydrogens (primary N) is 1. The van der Waals surface area contributed by atoms with Gasteiger partial charge in [0.15, 0.2) is 0 Å². The number of methoxy groups -OCH3 is 1. The third-order valence-electron chi connectivity index (χ3n) is 1.91. The van der Waals surface area contributed by atoms with Crippen molar-refractivity contribution >= 4 is 11.8 Å². The molecule has 14 heavy (non-hydrogen) atoms. The Morgan fingerprint density at radius 2 is 2.00 bits per heavy atom. The van der Waals surface area contributed by atoms with Crippen LogP contribution in [0.3, 0.4) is 0 Å². The maximum absolute atomic E-state index is 5.48. The molecule has 0 spiro atoms. The minimum atomic E-state index is 0.718. The fourth-order valence-electron chi connectivity index (χ4n) is 1.16. The smallest absolute Gasteiger partial charge is 0.0556 e. The van der Waals surface area contributed by atoms with Gasteiger partial charge in [0.25, 0.3) is 0 Å². The van der Waals surface area contributed by atoms with Crippen LogP contribution in [0.25, 0.3) is 0 Å². The quantitative estimate of drug-likeness (QED) is 0.577. The molecule has 0 aliphatic heterocycles. The zero-order valence-electron chi connectivity index (χ0n) is 8.53. The van der Waals surface area contributed by atoms with E-state index in [1.165, 1.54) is 10.5 Å². The number of ether oxygens (including phenoxy) is 1. The van der Waals surface area contributed by atoms with Gasteiger partial charge < -0.3 is 10.5 Å². The number of thioether (sulfide) groups is 1. The average Bonchev–Trinajstić information content (AvgIpc) is 2.21. The Balaban J connectivity index is 2.38. The second-order valence-electron chi connectivity index (χ2n) is 3.02. The molecule has 0 atom stereocenters. The fraction of sp³-hybridized carbons (Fsp3) is 0.455. The SMILES string of the molecule is COCCSc1ccc(CCN)cc1. The molecule has 78 valence electrons. The van der Waals surface area contributed by atoms with E-state index in [0.717, 1.165) is 25.3 Å². The molecule has 2 nitrogen and oxygen atoms in total. The molecule has 1 aromatic carbocycles. The molecule has 0 saturated heterocycles. The molecular formula is C11H17NOS. The van der Waals surface area contributed by atoms with Crippen molar-refractivity contribution in [1.29, 1.82) is 0 Å². The standard InChI is InChI=1S/C11H17NOS/c1-13-8-9-14-11-4-2-10(3-5-11)6-7-12/h2-5H,6-9,12H2,1H3. The summed E-state index contributed by atoms with van der Waals surface area (Å²) in [5.74, 6) is 1.01. The van der Waals surface area contributed by atoms with Crippen LogP contribution in [0, 0.1) is 0 Å². The Hall–Kier alpha value is -0.510. The van der Waals surface area contributed by atoms with E-state index in [1.54, 1.807) is 7.11 Å². The molecule has 1 rings (SSSR count). The predicted octanol–water partition coefficient (Wildman–Crippen LogP) is 1.93. The van der Waals surface area contributed by atoms with Crippen LogP contribution in [0.5, 0.6) is 0 Å². The monoisotopic (exact) mass is 211 g/mol. The van der Waals surface area contributed by atoms with Gasteiger partial charge in [0.1, 0.15) is 0 Å². The van der Waals surface area contributed by atoms with E-state index < -0.39 is 0 Å². The predicted molar refractivity (Wildman–Crippen MR) is 61.8 cm³/mol. The van der Waals surface area contributed by atoms with Gasteiger partial charge in [0.2, 0.25) is 0 Å². The number of hydrogen-bond donors (Lipinski definition) is 1. The highest BCUT2D eigenvalue weighted by Gasteiger charge is 1.94. The molecule has 0 aromatic heterocycles. The van der Waals surface area contributed by atoms with Crippen molar-refractivity contribution in [2.45, 2.75) is 11.3 Å². The minimum absolute atomic E-state index is 0.718. The fourth-order valence-corrected chi connectivity index (χ4v) is 1.98. The van der Waals surface area contributed by atoms with Crippen molar-refractivity contribution in [1.82, 2.24) is 0 Å². The molecule has 0 aliphatic rings. The summed E-state index contributed by atoms with van der Waals surface area (Å²) in [6, 6.07) is 8.57. The summed E-state index contributed by atoms with van der Waals surface area (Å²) in [6.45, 7) is 1.52. The van der Waals surface area contributed by atoms with Crippen LogP contribution in [0.4, 0.5) is 0 Å². The van der Waals surface area contributed by atoms with Gasteiger partial charge in [-0.25, -0.2) is 0 Å². The van der Waals surface area contributed by atoms with E-state index in [1.807, 2.05) is 11.8 Å². The first-order valence-electron chi connectivity index (χ1n) is 4.77. The summed E-state index contributed by atoms with van der Waals surface area (Å²) >= 11 is 1.82. The van der Waals surface area contributed by atoms with Crippen molar-refractivity contribution in [2.75, 3.05) is 26.0 Å². The lowest BCUT2D eigenvalue weighted by Gasteiger charge is -2.02. The summed E-state index contributed by atoms with van der Waals surface area (Å²) in [4.78, 5) is 1.29. The number of rotatable bonds is 6. The molecule has 0 radical (unpaired) electrons. The van der Waals surface area contributed by atoms with E-state index in [0.29, 0.717) is 0 Å². The van der Waals surface area contributed by atoms with Gasteiger partial charge in [-0.05, 0) is 30.7 Å². The third kappa shape index (κ3) is 4.13. The summed E-state index contributed by atoms with van der Waals surface area (Å²) in [5, 5.41) is 0. The van der Waals surface area contributed by atoms with Crippen molar-refractivity contribution in [3.63, 3.8) is 0 Å². The zero-order valence-corrected chi connectivity index (χ0v) is 9.35. The molecule has 0 aliphatic carbocycles. The van der Waals surface area contributed by atoms with E-state index in [9.17, 15) is 0 Å². The summed E-state index contributed by atoms with van der Waals surface area (Å²) in [7, 11) is 1.73. The van der Waals surface area contributed by atoms with Crippen LogP contribution in [-0.2, 0) is 11.2 Å². The molecule has 2 N–H and O–H groups in total. The molecule has 0 heterocycles. The molecular weight excluding hydrogens is 194 g/mol. The Morgan fingerprint density at radius 1 is 1.29 bits per heavy atom. The second kappa shape index (κ2) is 6.87. The van der Waals surface area contributed by atoms with Crippen molar-refractivity contribution in [2.24, 2.45) is 5.73 Å². The third-order valence-corrected chi connectivity index (χ3v) is 2.89. The summed E-state index contributed by atoms with van der Waals surface area (Å²) in [6.07, 6.45) is 0.961. The molecule has 0 bridgehead atoms. The van der Waals surface area contributed by atoms with E-state index in [2.05, 4.69) is 24.3 Å². The molecule has 0 saturated carbocycles. The van der Waals surface area contributed by atoms with Crippen LogP contribution >= 0.6 is 11.8 Å². The first-order chi connectivity index (χ1) is 6.86. The highest BCUT2D eigenvalue weighted by atomic mass is 32.2. The van der Waals surface area contributed by atoms with Crippen LogP contribution in [0.1, 0.15) is 5.56 Å². The van der Waals surface area contributed by atoms with Gasteiger partial charge in [-0.3, -0.25) is 0 Å². The van der Waals surface area contributed by atoms with Gasteiger partial charge in [-0.1, -0.05) is 12.1 Å². The van der Waals surface area contributed by atoms with Gasteiger partial charge >= 0.3 is 0 Å². The molecule has 0 amide bonds. The van der Waals surface area contributed by atoms with Crippen LogP contribution in [-0.4, -0.2) is 26.0 Å². The number of benzene rings is 1. The largest absolute Gasteiger partial charge is 0.384 e. The van der Waals surface area contributed by atoms with Crippen molar-refractivity contribution in [3.05, 3.63) is 29.8 Å². The zero-order chi connectivity index (χ0) is 10.2. The Labute approximate surface area is 89.8 Å². The maximum atomic E-state index is 5.48. The lowest BCUT2D eigenvalue weighted by molar-refractivity contribution is 0.218. The maximum Gasteiger partial charge on any atom is 0.0556 e. The molecule has 1 aromatic rings. The topological polar surface area (TPSA) is 35.2 Å². The first-order valence-corrected chi connectivity index (χ1v) is 5.76. The van der Waals surface area contributed by atoms with E-state index in [-0.39, 0.29) is 0 Å².